The van der Waals surface area contributed by atoms with Gasteiger partial charge in [-0.2, -0.15) is 18.9 Å². The molecule has 0 unspecified atom stereocenters. The van der Waals surface area contributed by atoms with Gasteiger partial charge in [0.1, 0.15) is 50.6 Å². The number of benzene rings is 7. The third-order valence-electron chi connectivity index (χ3n) is 10.9. The van der Waals surface area contributed by atoms with Gasteiger partial charge in [0, 0.05) is 27.1 Å². The first-order valence-electron chi connectivity index (χ1n) is 19.5. The van der Waals surface area contributed by atoms with Crippen LogP contribution in [-0.4, -0.2) is 41.6 Å². The molecule has 3 aromatic heterocycles. The Labute approximate surface area is 410 Å². The number of aromatic nitrogens is 6. The highest BCUT2D eigenvalue weighted by Crippen LogP contribution is 2.49. The molecule has 0 saturated carbocycles. The highest BCUT2D eigenvalue weighted by molar-refractivity contribution is 7.85. The van der Waals surface area contributed by atoms with Crippen LogP contribution in [0.15, 0.2) is 126 Å². The summed E-state index contributed by atoms with van der Waals surface area (Å²) in [6, 6.07) is 36.8. The zero-order chi connectivity index (χ0) is 47.1. The second kappa shape index (κ2) is 16.7. The number of hydrogen-bond donors (Lipinski definition) is 1. The Balaban J connectivity index is 1.53. The summed E-state index contributed by atoms with van der Waals surface area (Å²) in [5.41, 5.74) is 4.80. The summed E-state index contributed by atoms with van der Waals surface area (Å²) in [6.07, 6.45) is 0. The van der Waals surface area contributed by atoms with Crippen molar-refractivity contribution in [2.75, 3.05) is 0 Å². The molecule has 0 aliphatic carbocycles. The lowest BCUT2D eigenvalue weighted by atomic mass is 10.1. The van der Waals surface area contributed by atoms with E-state index in [2.05, 4.69) is 17.0 Å². The highest BCUT2D eigenvalue weighted by Gasteiger charge is 2.33. The number of nitriles is 2. The Morgan fingerprint density at radius 2 is 0.821 bits per heavy atom. The molecule has 19 heteroatoms. The predicted octanol–water partition coefficient (Wildman–Crippen LogP) is 14.2. The van der Waals surface area contributed by atoms with E-state index in [-0.39, 0.29) is 91.5 Å². The number of rotatable bonds is 7. The van der Waals surface area contributed by atoms with Crippen molar-refractivity contribution in [2.45, 2.75) is 4.90 Å². The van der Waals surface area contributed by atoms with Crippen molar-refractivity contribution in [1.82, 2.24) is 28.7 Å². The first-order chi connectivity index (χ1) is 32.2. The van der Waals surface area contributed by atoms with Crippen molar-refractivity contribution in [2.24, 2.45) is 0 Å². The van der Waals surface area contributed by atoms with Crippen molar-refractivity contribution in [3.63, 3.8) is 0 Å². The van der Waals surface area contributed by atoms with Crippen molar-refractivity contribution in [3.8, 4) is 63.4 Å². The van der Waals surface area contributed by atoms with Crippen LogP contribution in [0.4, 0.5) is 5.69 Å². The Hall–Kier alpha value is -6.93. The van der Waals surface area contributed by atoms with Gasteiger partial charge in [-0.1, -0.05) is 106 Å². The van der Waals surface area contributed by atoms with Gasteiger partial charge in [-0.15, -0.1) is 0 Å². The van der Waals surface area contributed by atoms with Crippen LogP contribution in [0.2, 0.25) is 30.1 Å². The van der Waals surface area contributed by atoms with E-state index in [1.165, 1.54) is 60.7 Å². The topological polar surface area (TPSA) is 160 Å². The molecule has 0 bridgehead atoms. The quantitative estimate of drug-likeness (QED) is 0.122. The van der Waals surface area contributed by atoms with Crippen LogP contribution in [0.3, 0.4) is 0 Å². The average Bonchev–Trinajstić information content (AvgIpc) is 4.01. The van der Waals surface area contributed by atoms with Gasteiger partial charge in [-0.25, -0.2) is 19.8 Å². The van der Waals surface area contributed by atoms with Crippen LogP contribution < -0.4 is 0 Å². The molecule has 3 heterocycles. The highest BCUT2D eigenvalue weighted by atomic mass is 35.5. The molecule has 1 N–H and O–H groups in total. The predicted molar refractivity (Wildman–Crippen MR) is 262 cm³/mol. The molecule has 0 saturated heterocycles. The minimum Gasteiger partial charge on any atom is -0.290 e. The van der Waals surface area contributed by atoms with Gasteiger partial charge in [0.05, 0.1) is 71.5 Å². The molecule has 7 aromatic carbocycles. The second-order valence-corrected chi connectivity index (χ2v) is 18.7. The Morgan fingerprint density at radius 1 is 0.507 bits per heavy atom. The SMILES string of the molecule is [C-]#[N+]c1cc(Cl)c(-c2nc3c4c(nc(-c5c(Cl)cc(C#N)cc5Cl)n4-c4ccccc4)c4c(nc(-c5c(Cl)cc(C#N)cc5Cl)n4-c4ccc(S(=O)(=O)O)cc4)c3n2-c2ccccc2)c(Cl)c1. The van der Waals surface area contributed by atoms with E-state index < -0.39 is 10.1 Å². The third kappa shape index (κ3) is 7.23. The van der Waals surface area contributed by atoms with Crippen LogP contribution >= 0.6 is 69.6 Å². The molecular formula is C48H21Cl6N9O3S. The van der Waals surface area contributed by atoms with E-state index in [0.29, 0.717) is 44.7 Å². The summed E-state index contributed by atoms with van der Waals surface area (Å²) in [7, 11) is -4.63. The maximum Gasteiger partial charge on any atom is 0.294 e. The summed E-state index contributed by atoms with van der Waals surface area (Å²) in [5.74, 6) is 0.614. The Morgan fingerprint density at radius 3 is 1.12 bits per heavy atom. The number of hydrogen-bond acceptors (Lipinski definition) is 7. The van der Waals surface area contributed by atoms with Crippen LogP contribution in [-0.2, 0) is 10.1 Å². The first kappa shape index (κ1) is 43.9. The minimum absolute atomic E-state index is 0.0602. The number of fused-ring (bicyclic) bond motifs is 6. The summed E-state index contributed by atoms with van der Waals surface area (Å²) in [4.78, 5) is 19.2. The number of imidazole rings is 3. The van der Waals surface area contributed by atoms with E-state index in [1.807, 2.05) is 69.8 Å². The number of para-hydroxylation sites is 2. The van der Waals surface area contributed by atoms with Crippen LogP contribution in [0.25, 0.3) is 89.2 Å². The average molecular weight is 1020 g/mol. The third-order valence-corrected chi connectivity index (χ3v) is 13.6. The van der Waals surface area contributed by atoms with Gasteiger partial charge < -0.3 is 0 Å². The monoisotopic (exact) mass is 1010 g/mol. The van der Waals surface area contributed by atoms with E-state index in [1.54, 1.807) is 4.57 Å². The molecule has 0 aliphatic heterocycles. The number of halogens is 6. The maximum atomic E-state index is 12.4. The molecular weight excluding hydrogens is 995 g/mol. The van der Waals surface area contributed by atoms with E-state index in [0.717, 1.165) is 0 Å². The van der Waals surface area contributed by atoms with Crippen LogP contribution in [0.1, 0.15) is 11.1 Å². The normalized spacial score (nSPS) is 11.6. The molecule has 0 amide bonds. The Kier molecular flexibility index (Phi) is 11.0. The lowest BCUT2D eigenvalue weighted by Gasteiger charge is -2.14. The van der Waals surface area contributed by atoms with Gasteiger partial charge in [0.15, 0.2) is 5.69 Å². The molecule has 10 aromatic rings. The largest absolute Gasteiger partial charge is 0.294 e. The number of nitrogens with zero attached hydrogens (tertiary/aromatic N) is 9. The first-order valence-corrected chi connectivity index (χ1v) is 23.2. The van der Waals surface area contributed by atoms with Crippen molar-refractivity contribution in [1.29, 1.82) is 10.5 Å². The molecule has 324 valence electrons. The van der Waals surface area contributed by atoms with Crippen molar-refractivity contribution >= 4 is 119 Å². The minimum atomic E-state index is -4.63. The smallest absolute Gasteiger partial charge is 0.290 e. The van der Waals surface area contributed by atoms with Crippen LogP contribution in [0.5, 0.6) is 0 Å². The standard InChI is InChI=1S/C48H21Cl6N9O3S/c1-57-26-20-35(53)39(36(54)21-26)48-60-40-43-41(58-46(61(43)27-8-4-2-5-9-27)37-31(49)16-24(22-55)17-32(37)50)45-42(44(40)62(48)28-10-6-3-7-11-28)59-47(38-33(51)18-25(23-56)19-34(38)52)63(45)29-12-14-30(15-13-29)67(64,65)66/h2-21H,(H,64,65,66). The van der Waals surface area contributed by atoms with Crippen molar-refractivity contribution in [3.05, 3.63) is 174 Å². The van der Waals surface area contributed by atoms with Gasteiger partial charge in [-0.05, 0) is 84.9 Å². The molecule has 12 nitrogen and oxygen atoms in total. The fourth-order valence-corrected chi connectivity index (χ4v) is 10.6. The van der Waals surface area contributed by atoms with Gasteiger partial charge >= 0.3 is 0 Å². The molecule has 0 aliphatic rings. The fourth-order valence-electron chi connectivity index (χ4n) is 8.13. The van der Waals surface area contributed by atoms with E-state index in [9.17, 15) is 23.5 Å². The summed E-state index contributed by atoms with van der Waals surface area (Å²) in [5, 5.41) is 20.3. The van der Waals surface area contributed by atoms with E-state index in [4.69, 9.17) is 91.1 Å². The zero-order valence-corrected chi connectivity index (χ0v) is 38.9. The van der Waals surface area contributed by atoms with Crippen molar-refractivity contribution < 1.29 is 13.0 Å². The molecule has 10 rings (SSSR count). The lowest BCUT2D eigenvalue weighted by molar-refractivity contribution is 0.483. The molecule has 67 heavy (non-hydrogen) atoms. The summed E-state index contributed by atoms with van der Waals surface area (Å²) < 4.78 is 40.1. The van der Waals surface area contributed by atoms with Gasteiger partial charge in [0.25, 0.3) is 10.1 Å². The summed E-state index contributed by atoms with van der Waals surface area (Å²) in [6.45, 7) is 7.70. The molecule has 0 radical (unpaired) electrons. The zero-order valence-electron chi connectivity index (χ0n) is 33.5. The Bertz CT molecular complexity index is 3860. The lowest BCUT2D eigenvalue weighted by Crippen LogP contribution is -2.02. The van der Waals surface area contributed by atoms with Crippen LogP contribution in [0, 0.1) is 29.2 Å². The fraction of sp³-hybridized carbons (Fsp3) is 0. The maximum absolute atomic E-state index is 12.4. The van der Waals surface area contributed by atoms with Gasteiger partial charge in [-0.3, -0.25) is 18.3 Å². The summed E-state index contributed by atoms with van der Waals surface area (Å²) >= 11 is 42.3. The molecule has 0 atom stereocenters. The van der Waals surface area contributed by atoms with Gasteiger partial charge in [0.2, 0.25) is 0 Å². The molecule has 0 spiro atoms. The van der Waals surface area contributed by atoms with E-state index >= 15 is 0 Å². The molecule has 0 fully saturated rings. The second-order valence-electron chi connectivity index (χ2n) is 14.8.